The SMILES string of the molecule is CC(C)(C)OC(=O)CNC1CCN(C(=O)N[C@@H](Cc2ccccc2)C(=O)N2CCC[C@H]2C(=O)N[C@@H](CC2CCCCC2)C(O)C(F)(F)F)CC1. The number of hydrogen-bond donors (Lipinski definition) is 4. The molecule has 4 N–H and O–H groups in total. The molecule has 280 valence electrons. The smallest absolute Gasteiger partial charge is 0.416 e. The number of benzene rings is 1. The molecule has 3 aliphatic rings. The predicted molar refractivity (Wildman–Crippen MR) is 181 cm³/mol. The topological polar surface area (TPSA) is 140 Å². The van der Waals surface area contributed by atoms with E-state index in [0.717, 1.165) is 37.7 Å². The first-order valence-corrected chi connectivity index (χ1v) is 18.0. The van der Waals surface area contributed by atoms with Crippen LogP contribution < -0.4 is 16.0 Å². The Kier molecular flexibility index (Phi) is 13.9. The highest BCUT2D eigenvalue weighted by Crippen LogP contribution is 2.32. The lowest BCUT2D eigenvalue weighted by Crippen LogP contribution is -2.59. The van der Waals surface area contributed by atoms with E-state index in [1.54, 1.807) is 25.7 Å². The molecule has 4 amide bonds. The molecule has 2 heterocycles. The maximum atomic E-state index is 14.1. The van der Waals surface area contributed by atoms with Gasteiger partial charge in [0.25, 0.3) is 0 Å². The van der Waals surface area contributed by atoms with Gasteiger partial charge in [-0.2, -0.15) is 13.2 Å². The number of nitrogens with zero attached hydrogens (tertiary/aromatic N) is 2. The lowest BCUT2D eigenvalue weighted by Gasteiger charge is -2.35. The average Bonchev–Trinajstić information content (AvgIpc) is 3.56. The molecule has 1 aromatic carbocycles. The lowest BCUT2D eigenvalue weighted by molar-refractivity contribution is -0.213. The molecule has 4 atom stereocenters. The standard InChI is InChI=1S/C36H54F3N5O6/c1-35(2,3)50-30(45)23-40-26-16-19-43(20-17-26)34(49)42-28(22-25-13-8-5-9-14-25)33(48)44-18-10-15-29(44)32(47)41-27(31(46)36(37,38)39)21-24-11-6-4-7-12-24/h5,8-9,13-14,24,26-29,31,40,46H,4,6-7,10-12,15-23H2,1-3H3,(H,41,47)(H,42,49)/t27-,28-,29-,31?/m0/s1. The van der Waals surface area contributed by atoms with E-state index in [1.165, 1.54) is 4.90 Å². The second kappa shape index (κ2) is 17.7. The van der Waals surface area contributed by atoms with Crippen LogP contribution in [-0.2, 0) is 25.5 Å². The molecular formula is C36H54F3N5O6. The van der Waals surface area contributed by atoms with Gasteiger partial charge in [-0.15, -0.1) is 0 Å². The maximum absolute atomic E-state index is 14.1. The van der Waals surface area contributed by atoms with Crippen LogP contribution in [0.5, 0.6) is 0 Å². The number of carbonyl (C=O) groups excluding carboxylic acids is 4. The summed E-state index contributed by atoms with van der Waals surface area (Å²) in [5.41, 5.74) is 0.205. The fourth-order valence-corrected chi connectivity index (χ4v) is 7.24. The first-order chi connectivity index (χ1) is 23.6. The van der Waals surface area contributed by atoms with Gasteiger partial charge in [0.15, 0.2) is 6.10 Å². The number of aliphatic hydroxyl groups excluding tert-OH is 1. The molecule has 2 saturated heterocycles. The molecule has 1 aromatic rings. The van der Waals surface area contributed by atoms with Crippen molar-refractivity contribution in [1.29, 1.82) is 0 Å². The minimum atomic E-state index is -4.91. The molecule has 1 aliphatic carbocycles. The molecule has 50 heavy (non-hydrogen) atoms. The van der Waals surface area contributed by atoms with E-state index in [0.29, 0.717) is 32.4 Å². The van der Waals surface area contributed by atoms with Crippen molar-refractivity contribution in [1.82, 2.24) is 25.8 Å². The minimum absolute atomic E-state index is 0.00693. The van der Waals surface area contributed by atoms with Gasteiger partial charge in [0.05, 0.1) is 12.6 Å². The van der Waals surface area contributed by atoms with Gasteiger partial charge in [0.2, 0.25) is 11.8 Å². The van der Waals surface area contributed by atoms with Gasteiger partial charge < -0.3 is 35.6 Å². The fraction of sp³-hybridized carbons (Fsp3) is 0.722. The second-order valence-corrected chi connectivity index (χ2v) is 15.0. The average molecular weight is 710 g/mol. The van der Waals surface area contributed by atoms with Gasteiger partial charge in [-0.1, -0.05) is 62.4 Å². The summed E-state index contributed by atoms with van der Waals surface area (Å²) >= 11 is 0. The summed E-state index contributed by atoms with van der Waals surface area (Å²) in [5.74, 6) is -1.62. The van der Waals surface area contributed by atoms with Gasteiger partial charge in [0.1, 0.15) is 17.7 Å². The van der Waals surface area contributed by atoms with E-state index in [2.05, 4.69) is 16.0 Å². The molecule has 0 spiro atoms. The lowest BCUT2D eigenvalue weighted by atomic mass is 9.83. The molecule has 4 rings (SSSR count). The molecular weight excluding hydrogens is 655 g/mol. The Morgan fingerprint density at radius 2 is 1.56 bits per heavy atom. The summed E-state index contributed by atoms with van der Waals surface area (Å²) in [6.07, 6.45) is -1.27. The Morgan fingerprint density at radius 1 is 0.900 bits per heavy atom. The maximum Gasteiger partial charge on any atom is 0.416 e. The monoisotopic (exact) mass is 709 g/mol. The first-order valence-electron chi connectivity index (χ1n) is 18.0. The number of likely N-dealkylation sites (tertiary alicyclic amines) is 2. The highest BCUT2D eigenvalue weighted by Gasteiger charge is 2.46. The number of aliphatic hydroxyl groups is 1. The van der Waals surface area contributed by atoms with Gasteiger partial charge in [-0.3, -0.25) is 14.4 Å². The second-order valence-electron chi connectivity index (χ2n) is 15.0. The Morgan fingerprint density at radius 3 is 2.18 bits per heavy atom. The normalized spacial score (nSPS) is 21.3. The van der Waals surface area contributed by atoms with Crippen LogP contribution in [0, 0.1) is 5.92 Å². The van der Waals surface area contributed by atoms with Crippen LogP contribution in [0.3, 0.4) is 0 Å². The van der Waals surface area contributed by atoms with Crippen molar-refractivity contribution >= 4 is 23.8 Å². The molecule has 1 saturated carbocycles. The number of amides is 4. The molecule has 0 radical (unpaired) electrons. The number of halogens is 3. The van der Waals surface area contributed by atoms with E-state index in [1.807, 2.05) is 30.3 Å². The Labute approximate surface area is 293 Å². The summed E-state index contributed by atoms with van der Waals surface area (Å²) in [7, 11) is 0. The summed E-state index contributed by atoms with van der Waals surface area (Å²) in [5, 5.41) is 18.8. The van der Waals surface area contributed by atoms with Crippen molar-refractivity contribution < 1.29 is 42.2 Å². The van der Waals surface area contributed by atoms with Crippen molar-refractivity contribution in [3.8, 4) is 0 Å². The van der Waals surface area contributed by atoms with Crippen LogP contribution in [-0.4, -0.2) is 107 Å². The van der Waals surface area contributed by atoms with Crippen LogP contribution >= 0.6 is 0 Å². The highest BCUT2D eigenvalue weighted by atomic mass is 19.4. The van der Waals surface area contributed by atoms with Gasteiger partial charge >= 0.3 is 18.2 Å². The summed E-state index contributed by atoms with van der Waals surface area (Å²) in [6.45, 7) is 6.45. The zero-order valence-corrected chi connectivity index (χ0v) is 29.5. The first kappa shape index (κ1) is 39.4. The van der Waals surface area contributed by atoms with Crippen molar-refractivity contribution in [3.05, 3.63) is 35.9 Å². The number of alkyl halides is 3. The number of nitrogens with one attached hydrogen (secondary N) is 3. The van der Waals surface area contributed by atoms with Crippen molar-refractivity contribution in [2.45, 2.75) is 133 Å². The fourth-order valence-electron chi connectivity index (χ4n) is 7.24. The molecule has 3 fully saturated rings. The van der Waals surface area contributed by atoms with Crippen LogP contribution in [0.15, 0.2) is 30.3 Å². The number of carbonyl (C=O) groups is 4. The third kappa shape index (κ3) is 11.9. The zero-order valence-electron chi connectivity index (χ0n) is 29.5. The van der Waals surface area contributed by atoms with E-state index < -0.39 is 53.9 Å². The number of piperidine rings is 1. The number of rotatable bonds is 12. The number of ether oxygens (including phenoxy) is 1. The largest absolute Gasteiger partial charge is 0.459 e. The summed E-state index contributed by atoms with van der Waals surface area (Å²) < 4.78 is 46.4. The quantitative estimate of drug-likeness (QED) is 0.240. The van der Waals surface area contributed by atoms with Gasteiger partial charge in [-0.05, 0) is 64.4 Å². The molecule has 0 aromatic heterocycles. The van der Waals surface area contributed by atoms with Crippen molar-refractivity contribution in [2.24, 2.45) is 5.92 Å². The Bertz CT molecular complexity index is 1280. The van der Waals surface area contributed by atoms with E-state index in [-0.39, 0.29) is 50.3 Å². The van der Waals surface area contributed by atoms with Crippen LogP contribution in [0.2, 0.25) is 0 Å². The summed E-state index contributed by atoms with van der Waals surface area (Å²) in [6, 6.07) is 5.12. The number of hydrogen-bond acceptors (Lipinski definition) is 7. The van der Waals surface area contributed by atoms with Gasteiger partial charge in [0, 0.05) is 32.1 Å². The summed E-state index contributed by atoms with van der Waals surface area (Å²) in [4.78, 5) is 56.3. The van der Waals surface area contributed by atoms with Gasteiger partial charge in [-0.25, -0.2) is 4.79 Å². The van der Waals surface area contributed by atoms with Crippen LogP contribution in [0.4, 0.5) is 18.0 Å². The molecule has 1 unspecified atom stereocenters. The minimum Gasteiger partial charge on any atom is -0.459 e. The van der Waals surface area contributed by atoms with Crippen molar-refractivity contribution in [2.75, 3.05) is 26.2 Å². The zero-order chi connectivity index (χ0) is 36.5. The number of esters is 1. The molecule has 14 heteroatoms. The Balaban J connectivity index is 1.40. The molecule has 0 bridgehead atoms. The van der Waals surface area contributed by atoms with E-state index in [4.69, 9.17) is 4.74 Å². The molecule has 2 aliphatic heterocycles. The number of urea groups is 1. The van der Waals surface area contributed by atoms with Crippen LogP contribution in [0.25, 0.3) is 0 Å². The highest BCUT2D eigenvalue weighted by molar-refractivity contribution is 5.92. The van der Waals surface area contributed by atoms with Crippen LogP contribution in [0.1, 0.15) is 90.5 Å². The van der Waals surface area contributed by atoms with Crippen molar-refractivity contribution in [3.63, 3.8) is 0 Å². The third-order valence-corrected chi connectivity index (χ3v) is 9.81. The third-order valence-electron chi connectivity index (χ3n) is 9.81. The Hall–Kier alpha value is -3.39. The van der Waals surface area contributed by atoms with E-state index in [9.17, 15) is 37.5 Å². The van der Waals surface area contributed by atoms with E-state index >= 15 is 0 Å². The molecule has 11 nitrogen and oxygen atoms in total. The predicted octanol–water partition coefficient (Wildman–Crippen LogP) is 4.07.